The summed E-state index contributed by atoms with van der Waals surface area (Å²) in [6.07, 6.45) is -5.42. The lowest BCUT2D eigenvalue weighted by atomic mass is 9.95. The Labute approximate surface area is 75.6 Å². The van der Waals surface area contributed by atoms with Gasteiger partial charge in [0, 0.05) is 6.54 Å². The monoisotopic (exact) mass is 193 g/mol. The van der Waals surface area contributed by atoms with E-state index in [1.54, 1.807) is 0 Å². The highest BCUT2D eigenvalue weighted by molar-refractivity contribution is 4.92. The molecule has 5 atom stereocenters. The lowest BCUT2D eigenvalue weighted by molar-refractivity contribution is -0.226. The molecule has 6 N–H and O–H groups in total. The van der Waals surface area contributed by atoms with Crippen LogP contribution in [-0.4, -0.2) is 64.1 Å². The van der Waals surface area contributed by atoms with Crippen molar-refractivity contribution in [1.29, 1.82) is 0 Å². The Hall–Kier alpha value is -0.240. The van der Waals surface area contributed by atoms with Crippen LogP contribution in [0.3, 0.4) is 0 Å². The van der Waals surface area contributed by atoms with Gasteiger partial charge in [0.05, 0.1) is 12.7 Å². The van der Waals surface area contributed by atoms with Gasteiger partial charge in [0.25, 0.3) is 0 Å². The normalized spacial score (nSPS) is 46.4. The van der Waals surface area contributed by atoms with Crippen LogP contribution in [0.5, 0.6) is 0 Å². The Kier molecular flexibility index (Phi) is 3.60. The molecular weight excluding hydrogens is 178 g/mol. The van der Waals surface area contributed by atoms with Crippen molar-refractivity contribution in [3.05, 3.63) is 0 Å². The molecule has 1 aliphatic heterocycles. The lowest BCUT2D eigenvalue weighted by Crippen LogP contribution is -2.60. The minimum absolute atomic E-state index is 0.0292. The third kappa shape index (κ3) is 1.98. The van der Waals surface area contributed by atoms with Gasteiger partial charge in [-0.1, -0.05) is 0 Å². The predicted octanol–water partition coefficient (Wildman–Crippen LogP) is -3.21. The summed E-state index contributed by atoms with van der Waals surface area (Å²) >= 11 is 0. The molecule has 0 radical (unpaired) electrons. The minimum atomic E-state index is -1.32. The molecule has 0 saturated carbocycles. The zero-order chi connectivity index (χ0) is 10.0. The molecule has 0 amide bonds. The molecule has 0 aromatic heterocycles. The van der Waals surface area contributed by atoms with Crippen molar-refractivity contribution in [1.82, 2.24) is 0 Å². The molecular formula is C7H15NO5. The van der Waals surface area contributed by atoms with E-state index in [4.69, 9.17) is 15.6 Å². The standard InChI is InChI=1S/C7H15NO5/c8-1-3-5(10)7(12)6(11)4(2-9)13-3/h3-7,9-12H,1-2,8H2/t3-,4?,5?,6?,7-/m1/s1. The predicted molar refractivity (Wildman–Crippen MR) is 42.8 cm³/mol. The second-order valence-electron chi connectivity index (χ2n) is 3.10. The number of aliphatic hydroxyl groups excluding tert-OH is 4. The molecule has 6 heteroatoms. The van der Waals surface area contributed by atoms with Crippen LogP contribution in [-0.2, 0) is 4.74 Å². The van der Waals surface area contributed by atoms with Crippen molar-refractivity contribution >= 4 is 0 Å². The van der Waals surface area contributed by atoms with E-state index in [0.29, 0.717) is 0 Å². The first-order valence-corrected chi connectivity index (χ1v) is 4.12. The van der Waals surface area contributed by atoms with Gasteiger partial charge in [0.15, 0.2) is 0 Å². The minimum Gasteiger partial charge on any atom is -0.394 e. The Morgan fingerprint density at radius 1 is 1.00 bits per heavy atom. The number of ether oxygens (including phenoxy) is 1. The van der Waals surface area contributed by atoms with Crippen LogP contribution >= 0.6 is 0 Å². The average Bonchev–Trinajstić information content (AvgIpc) is 2.15. The largest absolute Gasteiger partial charge is 0.394 e. The average molecular weight is 193 g/mol. The van der Waals surface area contributed by atoms with Crippen molar-refractivity contribution < 1.29 is 25.2 Å². The van der Waals surface area contributed by atoms with Gasteiger partial charge < -0.3 is 30.9 Å². The van der Waals surface area contributed by atoms with Crippen LogP contribution in [0.1, 0.15) is 0 Å². The molecule has 0 spiro atoms. The molecule has 0 aliphatic carbocycles. The zero-order valence-corrected chi connectivity index (χ0v) is 7.08. The fourth-order valence-corrected chi connectivity index (χ4v) is 1.37. The number of hydrogen-bond donors (Lipinski definition) is 5. The van der Waals surface area contributed by atoms with E-state index < -0.39 is 37.1 Å². The highest BCUT2D eigenvalue weighted by Gasteiger charge is 2.42. The van der Waals surface area contributed by atoms with Gasteiger partial charge in [-0.25, -0.2) is 0 Å². The van der Waals surface area contributed by atoms with Crippen molar-refractivity contribution in [2.24, 2.45) is 5.73 Å². The van der Waals surface area contributed by atoms with E-state index in [-0.39, 0.29) is 6.54 Å². The van der Waals surface area contributed by atoms with Gasteiger partial charge in [-0.15, -0.1) is 0 Å². The quantitative estimate of drug-likeness (QED) is 0.315. The number of hydrogen-bond acceptors (Lipinski definition) is 6. The number of rotatable bonds is 2. The van der Waals surface area contributed by atoms with Gasteiger partial charge in [-0.3, -0.25) is 0 Å². The highest BCUT2D eigenvalue weighted by Crippen LogP contribution is 2.20. The number of aliphatic hydroxyl groups is 4. The molecule has 78 valence electrons. The van der Waals surface area contributed by atoms with Crippen LogP contribution in [0.15, 0.2) is 0 Å². The van der Waals surface area contributed by atoms with E-state index in [2.05, 4.69) is 0 Å². The Morgan fingerprint density at radius 3 is 2.00 bits per heavy atom. The molecule has 13 heavy (non-hydrogen) atoms. The summed E-state index contributed by atoms with van der Waals surface area (Å²) in [7, 11) is 0. The van der Waals surface area contributed by atoms with Gasteiger partial charge >= 0.3 is 0 Å². The fourth-order valence-electron chi connectivity index (χ4n) is 1.37. The Balaban J connectivity index is 2.66. The third-order valence-corrected chi connectivity index (χ3v) is 2.22. The summed E-state index contributed by atoms with van der Waals surface area (Å²) < 4.78 is 5.04. The Bertz CT molecular complexity index is 147. The zero-order valence-electron chi connectivity index (χ0n) is 7.08. The van der Waals surface area contributed by atoms with E-state index >= 15 is 0 Å². The summed E-state index contributed by atoms with van der Waals surface area (Å²) in [5, 5.41) is 36.7. The molecule has 1 heterocycles. The molecule has 1 fully saturated rings. The van der Waals surface area contributed by atoms with Gasteiger partial charge in [0.1, 0.15) is 24.4 Å². The van der Waals surface area contributed by atoms with Crippen LogP contribution in [0.2, 0.25) is 0 Å². The van der Waals surface area contributed by atoms with Crippen molar-refractivity contribution in [3.63, 3.8) is 0 Å². The smallest absolute Gasteiger partial charge is 0.111 e. The van der Waals surface area contributed by atoms with Crippen molar-refractivity contribution in [2.75, 3.05) is 13.2 Å². The Morgan fingerprint density at radius 2 is 1.54 bits per heavy atom. The van der Waals surface area contributed by atoms with E-state index in [1.165, 1.54) is 0 Å². The summed E-state index contributed by atoms with van der Waals surface area (Å²) in [4.78, 5) is 0. The molecule has 6 nitrogen and oxygen atoms in total. The lowest BCUT2D eigenvalue weighted by Gasteiger charge is -2.39. The topological polar surface area (TPSA) is 116 Å². The first-order chi connectivity index (χ1) is 6.11. The fraction of sp³-hybridized carbons (Fsp3) is 1.00. The molecule has 0 aromatic rings. The van der Waals surface area contributed by atoms with Gasteiger partial charge in [-0.2, -0.15) is 0 Å². The molecule has 1 rings (SSSR count). The molecule has 3 unspecified atom stereocenters. The summed E-state index contributed by atoms with van der Waals surface area (Å²) in [5.41, 5.74) is 5.26. The second kappa shape index (κ2) is 4.32. The molecule has 0 bridgehead atoms. The summed E-state index contributed by atoms with van der Waals surface area (Å²) in [5.74, 6) is 0. The van der Waals surface area contributed by atoms with Crippen molar-refractivity contribution in [2.45, 2.75) is 30.5 Å². The van der Waals surface area contributed by atoms with Crippen molar-refractivity contribution in [3.8, 4) is 0 Å². The van der Waals surface area contributed by atoms with Crippen LogP contribution < -0.4 is 5.73 Å². The van der Waals surface area contributed by atoms with E-state index in [1.807, 2.05) is 0 Å². The molecule has 1 aliphatic rings. The van der Waals surface area contributed by atoms with Crippen LogP contribution in [0.4, 0.5) is 0 Å². The van der Waals surface area contributed by atoms with Gasteiger partial charge in [-0.05, 0) is 0 Å². The first-order valence-electron chi connectivity index (χ1n) is 4.12. The van der Waals surface area contributed by atoms with E-state index in [9.17, 15) is 15.3 Å². The maximum Gasteiger partial charge on any atom is 0.111 e. The van der Waals surface area contributed by atoms with Crippen LogP contribution in [0, 0.1) is 0 Å². The van der Waals surface area contributed by atoms with Gasteiger partial charge in [0.2, 0.25) is 0 Å². The first kappa shape index (κ1) is 10.8. The maximum absolute atomic E-state index is 9.32. The maximum atomic E-state index is 9.32. The highest BCUT2D eigenvalue weighted by atomic mass is 16.5. The SMILES string of the molecule is NC[C@H]1OC(CO)C(O)[C@H](O)C1O. The summed E-state index contributed by atoms with van der Waals surface area (Å²) in [6.45, 7) is -0.386. The van der Waals surface area contributed by atoms with E-state index in [0.717, 1.165) is 0 Å². The van der Waals surface area contributed by atoms with Crippen LogP contribution in [0.25, 0.3) is 0 Å². The molecule has 1 saturated heterocycles. The molecule has 0 aromatic carbocycles. The summed E-state index contributed by atoms with van der Waals surface area (Å²) in [6, 6.07) is 0. The number of nitrogens with two attached hydrogens (primary N) is 1. The second-order valence-corrected chi connectivity index (χ2v) is 3.10. The third-order valence-electron chi connectivity index (χ3n) is 2.22.